The first-order valence-corrected chi connectivity index (χ1v) is 4.22. The highest BCUT2D eigenvalue weighted by molar-refractivity contribution is 5.72. The Balaban J connectivity index is 2.23. The van der Waals surface area contributed by atoms with E-state index in [0.717, 1.165) is 19.3 Å². The summed E-state index contributed by atoms with van der Waals surface area (Å²) in [5, 5.41) is 9.29. The van der Waals surface area contributed by atoms with E-state index in [1.807, 2.05) is 6.08 Å². The highest BCUT2D eigenvalue weighted by Gasteiger charge is 2.32. The van der Waals surface area contributed by atoms with Crippen LogP contribution in [0.4, 0.5) is 0 Å². The van der Waals surface area contributed by atoms with Crippen molar-refractivity contribution in [3.63, 3.8) is 0 Å². The van der Waals surface area contributed by atoms with E-state index in [1.54, 1.807) is 0 Å². The maximum Gasteiger partial charge on any atom is 0.308 e. The number of hydrogen-bond acceptors (Lipinski definition) is 3. The molecule has 1 heterocycles. The van der Waals surface area contributed by atoms with Crippen LogP contribution in [0.3, 0.4) is 0 Å². The normalized spacial score (nSPS) is 28.6. The van der Waals surface area contributed by atoms with Gasteiger partial charge in [0.05, 0.1) is 6.42 Å². The van der Waals surface area contributed by atoms with E-state index in [2.05, 4.69) is 6.58 Å². The van der Waals surface area contributed by atoms with Gasteiger partial charge in [0.1, 0.15) is 12.2 Å². The maximum atomic E-state index is 10.7. The first kappa shape index (κ1) is 9.26. The average molecular weight is 170 g/mol. The van der Waals surface area contributed by atoms with E-state index in [0.29, 0.717) is 0 Å². The summed E-state index contributed by atoms with van der Waals surface area (Å²) in [7, 11) is 0. The standard InChI is InChI=1S/C9H14O3/c1-2-3-4-5-8-7(10)6-9(11)12-8/h2,7-8,10H,1,3-6H2/t7-,8-/m1/s1. The number of carbonyl (C=O) groups is 1. The molecular weight excluding hydrogens is 156 g/mol. The second-order valence-electron chi connectivity index (χ2n) is 3.02. The number of aliphatic hydroxyl groups excluding tert-OH is 1. The number of cyclic esters (lactones) is 1. The van der Waals surface area contributed by atoms with Crippen LogP contribution in [0, 0.1) is 0 Å². The molecule has 0 aliphatic carbocycles. The van der Waals surface area contributed by atoms with Crippen molar-refractivity contribution in [2.24, 2.45) is 0 Å². The fraction of sp³-hybridized carbons (Fsp3) is 0.667. The molecule has 0 saturated carbocycles. The smallest absolute Gasteiger partial charge is 0.308 e. The van der Waals surface area contributed by atoms with E-state index < -0.39 is 6.10 Å². The topological polar surface area (TPSA) is 46.5 Å². The first-order chi connectivity index (χ1) is 5.74. The summed E-state index contributed by atoms with van der Waals surface area (Å²) in [6, 6.07) is 0. The van der Waals surface area contributed by atoms with Gasteiger partial charge < -0.3 is 9.84 Å². The third-order valence-electron chi connectivity index (χ3n) is 1.98. The fourth-order valence-corrected chi connectivity index (χ4v) is 1.31. The summed E-state index contributed by atoms with van der Waals surface area (Å²) in [4.78, 5) is 10.7. The lowest BCUT2D eigenvalue weighted by Crippen LogP contribution is -2.20. The van der Waals surface area contributed by atoms with Gasteiger partial charge in [-0.15, -0.1) is 6.58 Å². The predicted molar refractivity (Wildman–Crippen MR) is 44.6 cm³/mol. The molecule has 0 unspecified atom stereocenters. The van der Waals surface area contributed by atoms with Crippen molar-refractivity contribution in [1.82, 2.24) is 0 Å². The van der Waals surface area contributed by atoms with E-state index >= 15 is 0 Å². The van der Waals surface area contributed by atoms with Gasteiger partial charge in [-0.3, -0.25) is 4.79 Å². The second-order valence-corrected chi connectivity index (χ2v) is 3.02. The Hall–Kier alpha value is -0.830. The minimum absolute atomic E-state index is 0.152. The van der Waals surface area contributed by atoms with E-state index in [-0.39, 0.29) is 18.5 Å². The first-order valence-electron chi connectivity index (χ1n) is 4.22. The molecule has 1 aliphatic rings. The van der Waals surface area contributed by atoms with Gasteiger partial charge in [-0.05, 0) is 19.3 Å². The van der Waals surface area contributed by atoms with Crippen LogP contribution in [0.1, 0.15) is 25.7 Å². The van der Waals surface area contributed by atoms with Gasteiger partial charge >= 0.3 is 5.97 Å². The van der Waals surface area contributed by atoms with Crippen LogP contribution < -0.4 is 0 Å². The molecule has 0 bridgehead atoms. The number of unbranched alkanes of at least 4 members (excludes halogenated alkanes) is 1. The zero-order chi connectivity index (χ0) is 8.97. The molecule has 1 N–H and O–H groups in total. The number of esters is 1. The van der Waals surface area contributed by atoms with Gasteiger partial charge in [-0.1, -0.05) is 6.08 Å². The summed E-state index contributed by atoms with van der Waals surface area (Å²) in [5.74, 6) is -0.286. The summed E-state index contributed by atoms with van der Waals surface area (Å²) in [5.41, 5.74) is 0. The molecule has 2 atom stereocenters. The number of ether oxygens (including phenoxy) is 1. The van der Waals surface area contributed by atoms with Gasteiger partial charge in [0.2, 0.25) is 0 Å². The van der Waals surface area contributed by atoms with Crippen molar-refractivity contribution in [2.75, 3.05) is 0 Å². The largest absolute Gasteiger partial charge is 0.460 e. The summed E-state index contributed by atoms with van der Waals surface area (Å²) in [6.07, 6.45) is 3.65. The summed E-state index contributed by atoms with van der Waals surface area (Å²) in [6.45, 7) is 3.59. The van der Waals surface area contributed by atoms with Crippen molar-refractivity contribution in [1.29, 1.82) is 0 Å². The number of rotatable bonds is 4. The SMILES string of the molecule is C=CCCC[C@H]1OC(=O)C[C@H]1O. The van der Waals surface area contributed by atoms with Gasteiger partial charge in [-0.2, -0.15) is 0 Å². The zero-order valence-electron chi connectivity index (χ0n) is 7.03. The van der Waals surface area contributed by atoms with Crippen molar-refractivity contribution in [3.05, 3.63) is 12.7 Å². The molecule has 3 heteroatoms. The average Bonchev–Trinajstić information content (AvgIpc) is 2.31. The molecule has 3 nitrogen and oxygen atoms in total. The lowest BCUT2D eigenvalue weighted by Gasteiger charge is -2.11. The molecule has 1 fully saturated rings. The molecule has 0 radical (unpaired) electrons. The fourth-order valence-electron chi connectivity index (χ4n) is 1.31. The van der Waals surface area contributed by atoms with E-state index in [4.69, 9.17) is 4.74 Å². The number of carbonyl (C=O) groups excluding carboxylic acids is 1. The van der Waals surface area contributed by atoms with Crippen molar-refractivity contribution >= 4 is 5.97 Å². The third-order valence-corrected chi connectivity index (χ3v) is 1.98. The quantitative estimate of drug-likeness (QED) is 0.389. The van der Waals surface area contributed by atoms with Gasteiger partial charge in [0, 0.05) is 0 Å². The Morgan fingerprint density at radius 2 is 2.50 bits per heavy atom. The molecule has 0 aromatic rings. The van der Waals surface area contributed by atoms with Crippen molar-refractivity contribution in [3.8, 4) is 0 Å². The maximum absolute atomic E-state index is 10.7. The molecule has 68 valence electrons. The Morgan fingerprint density at radius 1 is 1.75 bits per heavy atom. The minimum atomic E-state index is -0.595. The van der Waals surface area contributed by atoms with Gasteiger partial charge in [0.25, 0.3) is 0 Å². The van der Waals surface area contributed by atoms with E-state index in [9.17, 15) is 9.90 Å². The Bertz CT molecular complexity index is 177. The molecule has 12 heavy (non-hydrogen) atoms. The van der Waals surface area contributed by atoms with Gasteiger partial charge in [-0.25, -0.2) is 0 Å². The number of allylic oxidation sites excluding steroid dienone is 1. The molecule has 1 rings (SSSR count). The molecular formula is C9H14O3. The molecule has 0 aromatic heterocycles. The van der Waals surface area contributed by atoms with Crippen molar-refractivity contribution in [2.45, 2.75) is 37.9 Å². The van der Waals surface area contributed by atoms with Crippen LogP contribution in [0.5, 0.6) is 0 Å². The van der Waals surface area contributed by atoms with Crippen LogP contribution >= 0.6 is 0 Å². The number of aliphatic hydroxyl groups is 1. The highest BCUT2D eigenvalue weighted by Crippen LogP contribution is 2.19. The molecule has 0 amide bonds. The van der Waals surface area contributed by atoms with Crippen molar-refractivity contribution < 1.29 is 14.6 Å². The molecule has 0 spiro atoms. The monoisotopic (exact) mass is 170 g/mol. The third kappa shape index (κ3) is 2.34. The van der Waals surface area contributed by atoms with Crippen LogP contribution in [-0.4, -0.2) is 23.3 Å². The number of hydrogen-bond donors (Lipinski definition) is 1. The molecule has 1 aliphatic heterocycles. The summed E-state index contributed by atoms with van der Waals surface area (Å²) >= 11 is 0. The van der Waals surface area contributed by atoms with Crippen LogP contribution in [-0.2, 0) is 9.53 Å². The Morgan fingerprint density at radius 3 is 3.00 bits per heavy atom. The van der Waals surface area contributed by atoms with Gasteiger partial charge in [0.15, 0.2) is 0 Å². The minimum Gasteiger partial charge on any atom is -0.460 e. The van der Waals surface area contributed by atoms with Crippen LogP contribution in [0.25, 0.3) is 0 Å². The van der Waals surface area contributed by atoms with E-state index in [1.165, 1.54) is 0 Å². The predicted octanol–water partition coefficient (Wildman–Crippen LogP) is 1.02. The highest BCUT2D eigenvalue weighted by atomic mass is 16.6. The van der Waals surface area contributed by atoms with Crippen LogP contribution in [0.15, 0.2) is 12.7 Å². The second kappa shape index (κ2) is 4.26. The lowest BCUT2D eigenvalue weighted by atomic mass is 10.1. The zero-order valence-corrected chi connectivity index (χ0v) is 7.03. The molecule has 1 saturated heterocycles. The van der Waals surface area contributed by atoms with Crippen LogP contribution in [0.2, 0.25) is 0 Å². The summed E-state index contributed by atoms with van der Waals surface area (Å²) < 4.78 is 4.90. The Labute approximate surface area is 72.0 Å². The molecule has 0 aromatic carbocycles. The Kier molecular flexibility index (Phi) is 3.29. The lowest BCUT2D eigenvalue weighted by molar-refractivity contribution is -0.142.